The first-order valence-corrected chi connectivity index (χ1v) is 8.21. The second-order valence-electron chi connectivity index (χ2n) is 6.59. The topological polar surface area (TPSA) is 64.0 Å². The first-order chi connectivity index (χ1) is 11.3. The Balaban J connectivity index is 2.11. The van der Waals surface area contributed by atoms with Crippen LogP contribution in [0.2, 0.25) is 0 Å². The predicted octanol–water partition coefficient (Wildman–Crippen LogP) is 3.54. The molecule has 1 aromatic carbocycles. The summed E-state index contributed by atoms with van der Waals surface area (Å²) < 4.78 is 1.97. The first kappa shape index (κ1) is 17.9. The molecule has 0 radical (unpaired) electrons. The van der Waals surface area contributed by atoms with E-state index in [0.717, 1.165) is 23.5 Å². The molecule has 24 heavy (non-hydrogen) atoms. The lowest BCUT2D eigenvalue weighted by Gasteiger charge is -2.09. The lowest BCUT2D eigenvalue weighted by atomic mass is 10.1. The Bertz CT molecular complexity index is 760. The van der Waals surface area contributed by atoms with Gasteiger partial charge in [-0.05, 0) is 38.8 Å². The Labute approximate surface area is 143 Å². The minimum atomic E-state index is -0.106. The van der Waals surface area contributed by atoms with Crippen molar-refractivity contribution in [2.45, 2.75) is 47.6 Å². The molecule has 0 saturated carbocycles. The Hall–Kier alpha value is -2.43. The third kappa shape index (κ3) is 4.31. The van der Waals surface area contributed by atoms with Gasteiger partial charge in [0, 0.05) is 29.1 Å². The van der Waals surface area contributed by atoms with Crippen LogP contribution in [0.3, 0.4) is 0 Å². The van der Waals surface area contributed by atoms with E-state index in [0.29, 0.717) is 17.2 Å². The number of aryl methyl sites for hydroxylation is 1. The van der Waals surface area contributed by atoms with Crippen LogP contribution in [0, 0.1) is 19.8 Å². The molecule has 0 unspecified atom stereocenters. The highest BCUT2D eigenvalue weighted by Crippen LogP contribution is 2.17. The molecule has 0 saturated heterocycles. The molecule has 0 atom stereocenters. The van der Waals surface area contributed by atoms with Gasteiger partial charge in [0.2, 0.25) is 5.91 Å². The molecule has 0 aliphatic rings. The highest BCUT2D eigenvalue weighted by atomic mass is 16.1. The minimum absolute atomic E-state index is 0.0206. The SMILES string of the molecule is CC(=O)c1cccc(NC(=O)Cc2c(C)nn(CC(C)C)c2C)c1. The van der Waals surface area contributed by atoms with Crippen LogP contribution in [0.15, 0.2) is 24.3 Å². The third-order valence-corrected chi connectivity index (χ3v) is 3.96. The Morgan fingerprint density at radius 2 is 1.96 bits per heavy atom. The van der Waals surface area contributed by atoms with E-state index in [1.165, 1.54) is 6.92 Å². The van der Waals surface area contributed by atoms with E-state index in [4.69, 9.17) is 0 Å². The number of carbonyl (C=O) groups excluding carboxylic acids is 2. The summed E-state index contributed by atoms with van der Waals surface area (Å²) in [6.45, 7) is 10.6. The number of hydrogen-bond donors (Lipinski definition) is 1. The van der Waals surface area contributed by atoms with E-state index < -0.39 is 0 Å². The summed E-state index contributed by atoms with van der Waals surface area (Å²) in [5.74, 6) is 0.373. The van der Waals surface area contributed by atoms with Crippen molar-refractivity contribution < 1.29 is 9.59 Å². The van der Waals surface area contributed by atoms with Gasteiger partial charge in [0.15, 0.2) is 5.78 Å². The van der Waals surface area contributed by atoms with Gasteiger partial charge >= 0.3 is 0 Å². The number of nitrogens with zero attached hydrogens (tertiary/aromatic N) is 2. The lowest BCUT2D eigenvalue weighted by Crippen LogP contribution is -2.16. The summed E-state index contributed by atoms with van der Waals surface area (Å²) in [5.41, 5.74) is 4.12. The number of carbonyl (C=O) groups is 2. The van der Waals surface area contributed by atoms with Crippen LogP contribution in [0.5, 0.6) is 0 Å². The van der Waals surface area contributed by atoms with E-state index in [1.54, 1.807) is 24.3 Å². The number of amides is 1. The van der Waals surface area contributed by atoms with Gasteiger partial charge in [-0.25, -0.2) is 0 Å². The monoisotopic (exact) mass is 327 g/mol. The van der Waals surface area contributed by atoms with Gasteiger partial charge in [-0.3, -0.25) is 14.3 Å². The fraction of sp³-hybridized carbons (Fsp3) is 0.421. The number of ketones is 1. The van der Waals surface area contributed by atoms with Crippen LogP contribution in [0.25, 0.3) is 0 Å². The molecule has 1 N–H and O–H groups in total. The molecule has 0 aliphatic heterocycles. The van der Waals surface area contributed by atoms with Crippen molar-refractivity contribution in [3.63, 3.8) is 0 Å². The van der Waals surface area contributed by atoms with Gasteiger partial charge in [-0.2, -0.15) is 5.10 Å². The van der Waals surface area contributed by atoms with E-state index >= 15 is 0 Å². The standard InChI is InChI=1S/C19H25N3O2/c1-12(2)11-22-14(4)18(13(3)21-22)10-19(24)20-17-8-6-7-16(9-17)15(5)23/h6-9,12H,10-11H2,1-5H3,(H,20,24). The van der Waals surface area contributed by atoms with Crippen molar-refractivity contribution in [1.29, 1.82) is 0 Å². The Morgan fingerprint density at radius 1 is 1.25 bits per heavy atom. The third-order valence-electron chi connectivity index (χ3n) is 3.96. The van der Waals surface area contributed by atoms with E-state index in [-0.39, 0.29) is 18.1 Å². The Morgan fingerprint density at radius 3 is 2.58 bits per heavy atom. The van der Waals surface area contributed by atoms with Gasteiger partial charge in [-0.15, -0.1) is 0 Å². The average Bonchev–Trinajstić information content (AvgIpc) is 2.74. The quantitative estimate of drug-likeness (QED) is 0.825. The molecule has 1 heterocycles. The maximum Gasteiger partial charge on any atom is 0.228 e. The number of nitrogens with one attached hydrogen (secondary N) is 1. The zero-order valence-corrected chi connectivity index (χ0v) is 15.0. The molecule has 2 rings (SSSR count). The summed E-state index contributed by atoms with van der Waals surface area (Å²) in [5, 5.41) is 7.40. The number of Topliss-reactive ketones (excluding diaryl/α,β-unsaturated/α-hetero) is 1. The molecule has 1 amide bonds. The van der Waals surface area contributed by atoms with Gasteiger partial charge in [0.25, 0.3) is 0 Å². The largest absolute Gasteiger partial charge is 0.326 e. The minimum Gasteiger partial charge on any atom is -0.326 e. The number of rotatable bonds is 6. The zero-order chi connectivity index (χ0) is 17.9. The molecule has 0 spiro atoms. The smallest absolute Gasteiger partial charge is 0.228 e. The molecule has 0 fully saturated rings. The van der Waals surface area contributed by atoms with Crippen molar-refractivity contribution in [2.24, 2.45) is 5.92 Å². The molecule has 0 aliphatic carbocycles. The summed E-state index contributed by atoms with van der Waals surface area (Å²) >= 11 is 0. The summed E-state index contributed by atoms with van der Waals surface area (Å²) in [6.07, 6.45) is 0.278. The molecule has 5 heteroatoms. The van der Waals surface area contributed by atoms with Crippen LogP contribution < -0.4 is 5.32 Å². The number of anilines is 1. The molecule has 128 valence electrons. The van der Waals surface area contributed by atoms with E-state index in [1.807, 2.05) is 18.5 Å². The van der Waals surface area contributed by atoms with E-state index in [2.05, 4.69) is 24.3 Å². The highest BCUT2D eigenvalue weighted by Gasteiger charge is 2.16. The molecule has 5 nitrogen and oxygen atoms in total. The van der Waals surface area contributed by atoms with Crippen LogP contribution in [-0.2, 0) is 17.8 Å². The van der Waals surface area contributed by atoms with Crippen molar-refractivity contribution >= 4 is 17.4 Å². The first-order valence-electron chi connectivity index (χ1n) is 8.21. The van der Waals surface area contributed by atoms with Gasteiger partial charge in [-0.1, -0.05) is 26.0 Å². The summed E-state index contributed by atoms with van der Waals surface area (Å²) in [7, 11) is 0. The molecular formula is C19H25N3O2. The van der Waals surface area contributed by atoms with Crippen LogP contribution in [-0.4, -0.2) is 21.5 Å². The van der Waals surface area contributed by atoms with Crippen molar-refractivity contribution in [2.75, 3.05) is 5.32 Å². The van der Waals surface area contributed by atoms with Crippen molar-refractivity contribution in [3.05, 3.63) is 46.8 Å². The zero-order valence-electron chi connectivity index (χ0n) is 15.0. The van der Waals surface area contributed by atoms with Gasteiger partial charge < -0.3 is 5.32 Å². The van der Waals surface area contributed by atoms with Crippen LogP contribution in [0.1, 0.15) is 48.1 Å². The second-order valence-corrected chi connectivity index (χ2v) is 6.59. The average molecular weight is 327 g/mol. The molecular weight excluding hydrogens is 302 g/mol. The van der Waals surface area contributed by atoms with Crippen LogP contribution >= 0.6 is 0 Å². The molecule has 1 aromatic heterocycles. The Kier molecular flexibility index (Phi) is 5.54. The maximum absolute atomic E-state index is 12.4. The highest BCUT2D eigenvalue weighted by molar-refractivity contribution is 5.97. The summed E-state index contributed by atoms with van der Waals surface area (Å²) in [6, 6.07) is 6.99. The van der Waals surface area contributed by atoms with Gasteiger partial charge in [0.05, 0.1) is 12.1 Å². The van der Waals surface area contributed by atoms with Crippen molar-refractivity contribution in [3.8, 4) is 0 Å². The van der Waals surface area contributed by atoms with Crippen LogP contribution in [0.4, 0.5) is 5.69 Å². The fourth-order valence-electron chi connectivity index (χ4n) is 2.70. The molecule has 2 aromatic rings. The van der Waals surface area contributed by atoms with Crippen molar-refractivity contribution in [1.82, 2.24) is 9.78 Å². The van der Waals surface area contributed by atoms with E-state index in [9.17, 15) is 9.59 Å². The fourth-order valence-corrected chi connectivity index (χ4v) is 2.70. The number of hydrogen-bond acceptors (Lipinski definition) is 3. The number of aromatic nitrogens is 2. The normalized spacial score (nSPS) is 10.9. The van der Waals surface area contributed by atoms with Gasteiger partial charge in [0.1, 0.15) is 0 Å². The summed E-state index contributed by atoms with van der Waals surface area (Å²) in [4.78, 5) is 23.8. The molecule has 0 bridgehead atoms. The maximum atomic E-state index is 12.4. The predicted molar refractivity (Wildman–Crippen MR) is 95.3 cm³/mol. The number of benzene rings is 1. The second kappa shape index (κ2) is 7.43. The lowest BCUT2D eigenvalue weighted by molar-refractivity contribution is -0.115.